The number of rotatable bonds is 1. The van der Waals surface area contributed by atoms with E-state index in [4.69, 9.17) is 33.4 Å². The maximum Gasteiger partial charge on any atom is 0.163 e. The van der Waals surface area contributed by atoms with Gasteiger partial charge in [-0.2, -0.15) is 0 Å². The molecular formula is C14H10Cl2F2O3. The van der Waals surface area contributed by atoms with Crippen LogP contribution in [0.25, 0.3) is 0 Å². The number of carbonyl (C=O) groups excluding carboxylic acids is 1. The van der Waals surface area contributed by atoms with Gasteiger partial charge in [-0.05, 0) is 25.1 Å². The van der Waals surface area contributed by atoms with Crippen LogP contribution in [-0.4, -0.2) is 16.0 Å². The van der Waals surface area contributed by atoms with E-state index in [-0.39, 0.29) is 32.9 Å². The maximum atomic E-state index is 12.6. The van der Waals surface area contributed by atoms with E-state index in [0.717, 1.165) is 18.2 Å². The Kier molecular flexibility index (Phi) is 5.93. The lowest BCUT2D eigenvalue weighted by Gasteiger charge is -2.01. The Morgan fingerprint density at radius 1 is 1.00 bits per heavy atom. The molecule has 2 aromatic carbocycles. The molecule has 0 bridgehead atoms. The van der Waals surface area contributed by atoms with E-state index < -0.39 is 11.6 Å². The van der Waals surface area contributed by atoms with Gasteiger partial charge in [0.25, 0.3) is 0 Å². The molecule has 3 nitrogen and oxygen atoms in total. The van der Waals surface area contributed by atoms with Gasteiger partial charge in [-0.3, -0.25) is 4.79 Å². The second-order valence-electron chi connectivity index (χ2n) is 3.94. The van der Waals surface area contributed by atoms with E-state index >= 15 is 0 Å². The first-order valence-corrected chi connectivity index (χ1v) is 6.31. The summed E-state index contributed by atoms with van der Waals surface area (Å²) in [5, 5.41) is 17.6. The van der Waals surface area contributed by atoms with Gasteiger partial charge < -0.3 is 10.2 Å². The molecule has 21 heavy (non-hydrogen) atoms. The van der Waals surface area contributed by atoms with Gasteiger partial charge in [0, 0.05) is 12.1 Å². The highest BCUT2D eigenvalue weighted by Gasteiger charge is 2.10. The summed E-state index contributed by atoms with van der Waals surface area (Å²) in [7, 11) is 0. The van der Waals surface area contributed by atoms with E-state index in [2.05, 4.69) is 0 Å². The summed E-state index contributed by atoms with van der Waals surface area (Å²) >= 11 is 10.7. The van der Waals surface area contributed by atoms with Crippen molar-refractivity contribution >= 4 is 29.0 Å². The topological polar surface area (TPSA) is 57.5 Å². The first-order valence-electron chi connectivity index (χ1n) is 5.55. The Labute approximate surface area is 129 Å². The van der Waals surface area contributed by atoms with Crippen LogP contribution in [0.1, 0.15) is 17.3 Å². The van der Waals surface area contributed by atoms with Crippen molar-refractivity contribution in [1.29, 1.82) is 0 Å². The molecule has 0 amide bonds. The standard InChI is InChI=1S/C8H6ClFO2.C6H4ClFO/c1-4(11)5-2-6(9)7(10)3-8(5)12;7-5-2-1-4(9)3-6(5)8/h2-3,12H,1H3;1-3,9H. The number of ketones is 1. The van der Waals surface area contributed by atoms with Crippen molar-refractivity contribution in [1.82, 2.24) is 0 Å². The minimum Gasteiger partial charge on any atom is -0.508 e. The average molecular weight is 335 g/mol. The first kappa shape index (κ1) is 17.2. The number of hydrogen-bond donors (Lipinski definition) is 2. The summed E-state index contributed by atoms with van der Waals surface area (Å²) < 4.78 is 24.9. The largest absolute Gasteiger partial charge is 0.508 e. The Morgan fingerprint density at radius 2 is 1.57 bits per heavy atom. The van der Waals surface area contributed by atoms with Crippen molar-refractivity contribution < 1.29 is 23.8 Å². The number of Topliss-reactive ketones (excluding diaryl/α,β-unsaturated/α-hetero) is 1. The van der Waals surface area contributed by atoms with Crippen molar-refractivity contribution in [2.75, 3.05) is 0 Å². The summed E-state index contributed by atoms with van der Waals surface area (Å²) in [6, 6.07) is 5.51. The Balaban J connectivity index is 0.000000219. The van der Waals surface area contributed by atoms with Crippen LogP contribution in [0, 0.1) is 11.6 Å². The Hall–Kier alpha value is -1.85. The highest BCUT2D eigenvalue weighted by atomic mass is 35.5. The summed E-state index contributed by atoms with van der Waals surface area (Å²) in [4.78, 5) is 10.8. The third-order valence-corrected chi connectivity index (χ3v) is 2.92. The third kappa shape index (κ3) is 4.88. The molecule has 0 aliphatic rings. The number of phenolic OH excluding ortho intramolecular Hbond substituents is 2. The molecule has 0 heterocycles. The molecular weight excluding hydrogens is 325 g/mol. The molecule has 0 saturated heterocycles. The molecule has 0 aliphatic carbocycles. The van der Waals surface area contributed by atoms with Gasteiger partial charge in [0.05, 0.1) is 15.6 Å². The van der Waals surface area contributed by atoms with E-state index in [1.165, 1.54) is 19.1 Å². The Bertz CT molecular complexity index is 676. The molecule has 2 N–H and O–H groups in total. The Morgan fingerprint density at radius 3 is 2.05 bits per heavy atom. The fourth-order valence-electron chi connectivity index (χ4n) is 1.30. The van der Waals surface area contributed by atoms with Gasteiger partial charge >= 0.3 is 0 Å². The zero-order valence-corrected chi connectivity index (χ0v) is 12.2. The van der Waals surface area contributed by atoms with Crippen LogP contribution in [0.5, 0.6) is 11.5 Å². The van der Waals surface area contributed by atoms with Gasteiger partial charge in [-0.15, -0.1) is 0 Å². The van der Waals surface area contributed by atoms with Crippen LogP contribution in [-0.2, 0) is 0 Å². The van der Waals surface area contributed by atoms with Crippen molar-refractivity contribution in [3.63, 3.8) is 0 Å². The third-order valence-electron chi connectivity index (χ3n) is 2.32. The normalized spacial score (nSPS) is 9.76. The monoisotopic (exact) mass is 334 g/mol. The molecule has 0 radical (unpaired) electrons. The van der Waals surface area contributed by atoms with Gasteiger partial charge in [-0.1, -0.05) is 23.2 Å². The smallest absolute Gasteiger partial charge is 0.163 e. The van der Waals surface area contributed by atoms with Crippen LogP contribution >= 0.6 is 23.2 Å². The van der Waals surface area contributed by atoms with Crippen LogP contribution in [0.15, 0.2) is 30.3 Å². The summed E-state index contributed by atoms with van der Waals surface area (Å²) in [6.07, 6.45) is 0. The number of carbonyl (C=O) groups is 1. The average Bonchev–Trinajstić information content (AvgIpc) is 2.39. The summed E-state index contributed by atoms with van der Waals surface area (Å²) in [6.45, 7) is 1.27. The summed E-state index contributed by atoms with van der Waals surface area (Å²) in [5.41, 5.74) is 0.0291. The minimum atomic E-state index is -0.737. The predicted octanol–water partition coefficient (Wildman–Crippen LogP) is 4.57. The van der Waals surface area contributed by atoms with Crippen molar-refractivity contribution in [3.8, 4) is 11.5 Å². The second-order valence-corrected chi connectivity index (χ2v) is 4.75. The molecule has 2 rings (SSSR count). The molecule has 0 atom stereocenters. The van der Waals surface area contributed by atoms with Crippen LogP contribution < -0.4 is 0 Å². The van der Waals surface area contributed by atoms with Gasteiger partial charge in [0.15, 0.2) is 5.78 Å². The SMILES string of the molecule is CC(=O)c1cc(Cl)c(F)cc1O.Oc1ccc(Cl)c(F)c1. The van der Waals surface area contributed by atoms with E-state index in [9.17, 15) is 13.6 Å². The van der Waals surface area contributed by atoms with Crippen molar-refractivity contribution in [3.05, 3.63) is 57.6 Å². The molecule has 0 fully saturated rings. The summed E-state index contributed by atoms with van der Waals surface area (Å²) in [5.74, 6) is -2.19. The number of benzene rings is 2. The van der Waals surface area contributed by atoms with Gasteiger partial charge in [0.2, 0.25) is 0 Å². The lowest BCUT2D eigenvalue weighted by molar-refractivity contribution is 0.101. The molecule has 2 aromatic rings. The molecule has 0 spiro atoms. The number of hydrogen-bond acceptors (Lipinski definition) is 3. The number of halogens is 4. The number of phenols is 2. The fourth-order valence-corrected chi connectivity index (χ4v) is 1.58. The van der Waals surface area contributed by atoms with Crippen LogP contribution in [0.4, 0.5) is 8.78 Å². The lowest BCUT2D eigenvalue weighted by Crippen LogP contribution is -1.93. The van der Waals surface area contributed by atoms with E-state index in [1.807, 2.05) is 0 Å². The molecule has 0 aliphatic heterocycles. The molecule has 0 unspecified atom stereocenters. The quantitative estimate of drug-likeness (QED) is 0.751. The van der Waals surface area contributed by atoms with E-state index in [0.29, 0.717) is 0 Å². The van der Waals surface area contributed by atoms with Crippen molar-refractivity contribution in [2.24, 2.45) is 0 Å². The van der Waals surface area contributed by atoms with Gasteiger partial charge in [-0.25, -0.2) is 8.78 Å². The highest BCUT2D eigenvalue weighted by molar-refractivity contribution is 6.31. The highest BCUT2D eigenvalue weighted by Crippen LogP contribution is 2.25. The molecule has 7 heteroatoms. The molecule has 0 saturated carbocycles. The van der Waals surface area contributed by atoms with E-state index in [1.54, 1.807) is 0 Å². The zero-order valence-electron chi connectivity index (χ0n) is 10.7. The zero-order chi connectivity index (χ0) is 16.2. The molecule has 112 valence electrons. The van der Waals surface area contributed by atoms with Crippen molar-refractivity contribution in [2.45, 2.75) is 6.92 Å². The van der Waals surface area contributed by atoms with Crippen LogP contribution in [0.3, 0.4) is 0 Å². The number of aromatic hydroxyl groups is 2. The second kappa shape index (κ2) is 7.24. The van der Waals surface area contributed by atoms with Crippen LogP contribution in [0.2, 0.25) is 10.0 Å². The first-order chi connectivity index (χ1) is 9.72. The maximum absolute atomic E-state index is 12.6. The van der Waals surface area contributed by atoms with Gasteiger partial charge in [0.1, 0.15) is 23.1 Å². The minimum absolute atomic E-state index is 0.0211. The molecule has 0 aromatic heterocycles. The lowest BCUT2D eigenvalue weighted by atomic mass is 10.1. The fraction of sp³-hybridized carbons (Fsp3) is 0.0714. The predicted molar refractivity (Wildman–Crippen MR) is 76.2 cm³/mol.